The second kappa shape index (κ2) is 5.93. The van der Waals surface area contributed by atoms with Gasteiger partial charge in [-0.25, -0.2) is 4.98 Å². The standard InChI is InChI=1S/C17H19N3OS/c1-11(2)9-18-16(21)15-12(3)20-10-14(19-17(20)22-15)13-7-5-4-6-8-13/h4-8,10-11H,9H2,1-3H3,(H,18,21). The van der Waals surface area contributed by atoms with Gasteiger partial charge in [-0.2, -0.15) is 0 Å². The second-order valence-corrected chi connectivity index (χ2v) is 6.74. The molecule has 0 saturated carbocycles. The van der Waals surface area contributed by atoms with Gasteiger partial charge in [0.1, 0.15) is 4.88 Å². The monoisotopic (exact) mass is 313 g/mol. The molecule has 0 aliphatic carbocycles. The lowest BCUT2D eigenvalue weighted by Gasteiger charge is -2.06. The van der Waals surface area contributed by atoms with Gasteiger partial charge in [0, 0.05) is 24.0 Å². The van der Waals surface area contributed by atoms with E-state index in [9.17, 15) is 4.79 Å². The summed E-state index contributed by atoms with van der Waals surface area (Å²) < 4.78 is 2.00. The molecule has 22 heavy (non-hydrogen) atoms. The summed E-state index contributed by atoms with van der Waals surface area (Å²) in [5.41, 5.74) is 2.96. The van der Waals surface area contributed by atoms with Crippen LogP contribution in [0.5, 0.6) is 0 Å². The second-order valence-electron chi connectivity index (χ2n) is 5.77. The molecular weight excluding hydrogens is 294 g/mol. The molecule has 2 heterocycles. The Bertz CT molecular complexity index is 802. The van der Waals surface area contributed by atoms with Crippen molar-refractivity contribution in [3.8, 4) is 11.3 Å². The third kappa shape index (κ3) is 2.76. The van der Waals surface area contributed by atoms with Crippen LogP contribution in [0.2, 0.25) is 0 Å². The molecule has 0 atom stereocenters. The molecule has 114 valence electrons. The first kappa shape index (κ1) is 14.8. The summed E-state index contributed by atoms with van der Waals surface area (Å²) in [6.07, 6.45) is 2.00. The van der Waals surface area contributed by atoms with E-state index in [4.69, 9.17) is 0 Å². The Balaban J connectivity index is 1.92. The summed E-state index contributed by atoms with van der Waals surface area (Å²) in [4.78, 5) is 18.5. The van der Waals surface area contributed by atoms with Gasteiger partial charge in [-0.3, -0.25) is 9.20 Å². The number of hydrogen-bond donors (Lipinski definition) is 1. The number of imidazole rings is 1. The van der Waals surface area contributed by atoms with Crippen LogP contribution in [-0.4, -0.2) is 21.8 Å². The van der Waals surface area contributed by atoms with Crippen molar-refractivity contribution in [2.75, 3.05) is 6.54 Å². The van der Waals surface area contributed by atoms with Crippen molar-refractivity contribution in [2.24, 2.45) is 5.92 Å². The minimum absolute atomic E-state index is 0.0111. The van der Waals surface area contributed by atoms with Gasteiger partial charge < -0.3 is 5.32 Å². The van der Waals surface area contributed by atoms with Crippen LogP contribution in [0.1, 0.15) is 29.2 Å². The van der Waals surface area contributed by atoms with Crippen LogP contribution in [-0.2, 0) is 0 Å². The summed E-state index contributed by atoms with van der Waals surface area (Å²) in [7, 11) is 0. The van der Waals surface area contributed by atoms with Crippen molar-refractivity contribution >= 4 is 22.2 Å². The molecule has 0 aliphatic rings. The van der Waals surface area contributed by atoms with Crippen LogP contribution in [0.3, 0.4) is 0 Å². The van der Waals surface area contributed by atoms with E-state index in [-0.39, 0.29) is 5.91 Å². The summed E-state index contributed by atoms with van der Waals surface area (Å²) in [6.45, 7) is 6.82. The molecule has 1 amide bonds. The van der Waals surface area contributed by atoms with Crippen molar-refractivity contribution in [3.63, 3.8) is 0 Å². The van der Waals surface area contributed by atoms with Crippen LogP contribution in [0.4, 0.5) is 0 Å². The average molecular weight is 313 g/mol. The van der Waals surface area contributed by atoms with Crippen LogP contribution in [0, 0.1) is 12.8 Å². The maximum Gasteiger partial charge on any atom is 0.263 e. The molecule has 0 radical (unpaired) electrons. The molecular formula is C17H19N3OS. The molecule has 0 saturated heterocycles. The molecule has 0 aliphatic heterocycles. The predicted octanol–water partition coefficient (Wildman–Crippen LogP) is 3.76. The Morgan fingerprint density at radius 3 is 2.68 bits per heavy atom. The Hall–Kier alpha value is -2.14. The van der Waals surface area contributed by atoms with Gasteiger partial charge in [0.25, 0.3) is 5.91 Å². The number of carbonyl (C=O) groups excluding carboxylic acids is 1. The number of aromatic nitrogens is 2. The van der Waals surface area contributed by atoms with E-state index in [1.54, 1.807) is 0 Å². The highest BCUT2D eigenvalue weighted by atomic mass is 32.1. The SMILES string of the molecule is Cc1c(C(=O)NCC(C)C)sc2nc(-c3ccccc3)cn12. The fourth-order valence-corrected chi connectivity index (χ4v) is 3.31. The number of nitrogens with zero attached hydrogens (tertiary/aromatic N) is 2. The first-order valence-corrected chi connectivity index (χ1v) is 8.20. The zero-order chi connectivity index (χ0) is 15.7. The number of benzene rings is 1. The van der Waals surface area contributed by atoms with Gasteiger partial charge in [0.05, 0.1) is 5.69 Å². The number of hydrogen-bond acceptors (Lipinski definition) is 3. The van der Waals surface area contributed by atoms with E-state index >= 15 is 0 Å². The van der Waals surface area contributed by atoms with Gasteiger partial charge in [0.15, 0.2) is 4.96 Å². The van der Waals surface area contributed by atoms with E-state index in [1.807, 2.05) is 47.9 Å². The van der Waals surface area contributed by atoms with Gasteiger partial charge in [0.2, 0.25) is 0 Å². The molecule has 1 aromatic carbocycles. The quantitative estimate of drug-likeness (QED) is 0.797. The Morgan fingerprint density at radius 1 is 1.32 bits per heavy atom. The van der Waals surface area contributed by atoms with Crippen LogP contribution in [0.15, 0.2) is 36.5 Å². The predicted molar refractivity (Wildman–Crippen MR) is 90.4 cm³/mol. The highest BCUT2D eigenvalue weighted by Gasteiger charge is 2.17. The van der Waals surface area contributed by atoms with Crippen molar-refractivity contribution in [2.45, 2.75) is 20.8 Å². The summed E-state index contributed by atoms with van der Waals surface area (Å²) in [5, 5.41) is 2.97. The van der Waals surface area contributed by atoms with E-state index in [1.165, 1.54) is 11.3 Å². The maximum absolute atomic E-state index is 12.3. The number of carbonyl (C=O) groups is 1. The number of nitrogens with one attached hydrogen (secondary N) is 1. The smallest absolute Gasteiger partial charge is 0.263 e. The third-order valence-electron chi connectivity index (χ3n) is 3.50. The lowest BCUT2D eigenvalue weighted by atomic mass is 10.2. The molecule has 0 bridgehead atoms. The van der Waals surface area contributed by atoms with Crippen molar-refractivity contribution in [3.05, 3.63) is 47.1 Å². The molecule has 3 rings (SSSR count). The van der Waals surface area contributed by atoms with Crippen molar-refractivity contribution in [1.82, 2.24) is 14.7 Å². The number of fused-ring (bicyclic) bond motifs is 1. The number of aryl methyl sites for hydroxylation is 1. The van der Waals surface area contributed by atoms with Crippen molar-refractivity contribution < 1.29 is 4.79 Å². The summed E-state index contributed by atoms with van der Waals surface area (Å²) >= 11 is 1.44. The molecule has 4 nitrogen and oxygen atoms in total. The van der Waals surface area contributed by atoms with E-state index in [2.05, 4.69) is 24.1 Å². The molecule has 0 spiro atoms. The first-order valence-electron chi connectivity index (χ1n) is 7.38. The largest absolute Gasteiger partial charge is 0.351 e. The van der Waals surface area contributed by atoms with Crippen LogP contribution >= 0.6 is 11.3 Å². The highest BCUT2D eigenvalue weighted by molar-refractivity contribution is 7.19. The minimum Gasteiger partial charge on any atom is -0.351 e. The van der Waals surface area contributed by atoms with Crippen LogP contribution in [0.25, 0.3) is 16.2 Å². The Labute approximate surface area is 133 Å². The molecule has 1 N–H and O–H groups in total. The Morgan fingerprint density at radius 2 is 2.05 bits per heavy atom. The fourth-order valence-electron chi connectivity index (χ4n) is 2.29. The maximum atomic E-state index is 12.3. The fraction of sp³-hybridized carbons (Fsp3) is 0.294. The normalized spacial score (nSPS) is 11.3. The Kier molecular flexibility index (Phi) is 3.98. The summed E-state index contributed by atoms with van der Waals surface area (Å²) in [5.74, 6) is 0.431. The van der Waals surface area contributed by atoms with Gasteiger partial charge in [-0.1, -0.05) is 55.5 Å². The average Bonchev–Trinajstić information content (AvgIpc) is 3.06. The topological polar surface area (TPSA) is 46.4 Å². The first-order chi connectivity index (χ1) is 10.6. The lowest BCUT2D eigenvalue weighted by Crippen LogP contribution is -2.27. The third-order valence-corrected chi connectivity index (χ3v) is 4.66. The minimum atomic E-state index is -0.0111. The zero-order valence-electron chi connectivity index (χ0n) is 13.0. The van der Waals surface area contributed by atoms with Crippen LogP contribution < -0.4 is 5.32 Å². The number of rotatable bonds is 4. The van der Waals surface area contributed by atoms with Gasteiger partial charge >= 0.3 is 0 Å². The van der Waals surface area contributed by atoms with Crippen molar-refractivity contribution in [1.29, 1.82) is 0 Å². The van der Waals surface area contributed by atoms with E-state index in [0.29, 0.717) is 12.5 Å². The lowest BCUT2D eigenvalue weighted by molar-refractivity contribution is 0.0952. The van der Waals surface area contributed by atoms with Gasteiger partial charge in [-0.05, 0) is 12.8 Å². The zero-order valence-corrected chi connectivity index (χ0v) is 13.8. The highest BCUT2D eigenvalue weighted by Crippen LogP contribution is 2.26. The number of amides is 1. The van der Waals surface area contributed by atoms with E-state index < -0.39 is 0 Å². The van der Waals surface area contributed by atoms with E-state index in [0.717, 1.165) is 26.8 Å². The molecule has 3 aromatic rings. The molecule has 5 heteroatoms. The molecule has 0 fully saturated rings. The number of thiazole rings is 1. The molecule has 2 aromatic heterocycles. The summed E-state index contributed by atoms with van der Waals surface area (Å²) in [6, 6.07) is 10.1. The molecule has 0 unspecified atom stereocenters. The van der Waals surface area contributed by atoms with Gasteiger partial charge in [-0.15, -0.1) is 0 Å².